The number of aliphatic hydroxyl groups is 10. The molecule has 686 valence electrons. The Balaban J connectivity index is 0.000000238. The predicted molar refractivity (Wildman–Crippen MR) is 489 cm³/mol. The molecule has 10 heterocycles. The van der Waals surface area contributed by atoms with Crippen LogP contribution in [0.5, 0.6) is 0 Å². The van der Waals surface area contributed by atoms with Gasteiger partial charge in [0.2, 0.25) is 0 Å². The molecule has 3 aromatic heterocycles. The zero-order valence-electron chi connectivity index (χ0n) is 72.4. The molecule has 7 aliphatic rings. The van der Waals surface area contributed by atoms with Crippen molar-refractivity contribution in [1.82, 2.24) is 49.1 Å². The quantitative estimate of drug-likeness (QED) is 0.0207. The van der Waals surface area contributed by atoms with Crippen LogP contribution < -0.4 is 44.4 Å². The van der Waals surface area contributed by atoms with E-state index >= 15 is 0 Å². The molecule has 3 aromatic rings. The van der Waals surface area contributed by atoms with E-state index in [0.717, 1.165) is 57.1 Å². The fourth-order valence-electron chi connectivity index (χ4n) is 13.4. The van der Waals surface area contributed by atoms with Gasteiger partial charge in [-0.15, -0.1) is 65.9 Å². The van der Waals surface area contributed by atoms with Crippen molar-refractivity contribution >= 4 is 107 Å². The van der Waals surface area contributed by atoms with Crippen LogP contribution in [-0.2, 0) is 42.9 Å². The number of allylic oxidation sites excluding steroid dienone is 2. The summed E-state index contributed by atoms with van der Waals surface area (Å²) < 4.78 is 31.8. The zero-order chi connectivity index (χ0) is 93.0. The summed E-state index contributed by atoms with van der Waals surface area (Å²) in [7, 11) is 0. The molecule has 0 radical (unpaired) electrons. The van der Waals surface area contributed by atoms with Gasteiger partial charge in [-0.25, -0.2) is 14.4 Å². The van der Waals surface area contributed by atoms with Gasteiger partial charge in [-0.2, -0.15) is 0 Å². The van der Waals surface area contributed by atoms with Crippen molar-refractivity contribution in [2.24, 2.45) is 0 Å². The molecule has 7 aliphatic heterocycles. The Labute approximate surface area is 715 Å². The number of rotatable bonds is 28. The first-order valence-electron chi connectivity index (χ1n) is 39.8. The number of nitrogens with one attached hydrogen (secondary N) is 5. The highest BCUT2D eigenvalue weighted by Gasteiger charge is 2.50. The van der Waals surface area contributed by atoms with E-state index < -0.39 is 209 Å². The van der Waals surface area contributed by atoms with Gasteiger partial charge >= 0.3 is 17.1 Å². The lowest BCUT2D eigenvalue weighted by molar-refractivity contribution is -0.120. The third-order valence-corrected chi connectivity index (χ3v) is 27.8. The van der Waals surface area contributed by atoms with Gasteiger partial charge in [0.05, 0.1) is 59.2 Å². The van der Waals surface area contributed by atoms with Crippen molar-refractivity contribution < 1.29 is 98.7 Å². The molecule has 0 aliphatic carbocycles. The van der Waals surface area contributed by atoms with Crippen molar-refractivity contribution in [2.75, 3.05) is 97.5 Å². The Kier molecular flexibility index (Phi) is 37.3. The van der Waals surface area contributed by atoms with Crippen LogP contribution in [0.15, 0.2) is 121 Å². The fourth-order valence-corrected chi connectivity index (χ4v) is 18.2. The summed E-state index contributed by atoms with van der Waals surface area (Å²) in [5, 5.41) is 108. The number of amides is 2. The second-order valence-corrected chi connectivity index (χ2v) is 56.5. The number of ketones is 3. The van der Waals surface area contributed by atoms with Gasteiger partial charge in [-0.05, 0) is 169 Å². The van der Waals surface area contributed by atoms with Crippen LogP contribution in [0.3, 0.4) is 0 Å². The lowest BCUT2D eigenvalue weighted by Crippen LogP contribution is -2.47. The number of carbonyl (C=O) groups excluding carboxylic acids is 5. The van der Waals surface area contributed by atoms with Crippen molar-refractivity contribution in [2.45, 2.75) is 195 Å². The molecule has 123 heavy (non-hydrogen) atoms. The number of aliphatic hydroxyl groups excluding tert-OH is 10. The van der Waals surface area contributed by atoms with E-state index in [1.165, 1.54) is 55.6 Å². The van der Waals surface area contributed by atoms with E-state index in [-0.39, 0.29) is 28.7 Å². The van der Waals surface area contributed by atoms with Gasteiger partial charge < -0.3 is 95.2 Å². The van der Waals surface area contributed by atoms with Crippen LogP contribution in [0.25, 0.3) is 12.2 Å². The first kappa shape index (κ1) is 104. The molecule has 5 fully saturated rings. The summed E-state index contributed by atoms with van der Waals surface area (Å²) in [6.45, 7) is 31.6. The van der Waals surface area contributed by atoms with Crippen LogP contribution in [-0.4, -0.2) is 352 Å². The molecule has 20 atom stereocenters. The molecular weight excluding hydrogens is 1700 g/mol. The highest BCUT2D eigenvalue weighted by molar-refractivity contribution is 7.73. The topological polar surface area (TPSA) is 529 Å². The third-order valence-electron chi connectivity index (χ3n) is 20.4. The van der Waals surface area contributed by atoms with E-state index in [4.69, 9.17) is 23.7 Å². The monoisotopic (exact) mass is 1820 g/mol. The van der Waals surface area contributed by atoms with Crippen molar-refractivity contribution in [1.29, 1.82) is 0 Å². The fraction of sp³-hybridized carbons (Fsp3) is 0.561. The van der Waals surface area contributed by atoms with Gasteiger partial charge in [-0.1, -0.05) is 44.9 Å². The molecule has 0 spiro atoms. The number of hydrogen-bond acceptors (Lipinski definition) is 28. The number of carbonyl (C=O) groups is 5. The molecule has 41 heteroatoms. The molecule has 36 nitrogen and oxygen atoms in total. The molecule has 0 bridgehead atoms. The number of aromatic amines is 3. The number of Topliss-reactive ketones (excluding diaryl/α,β-unsaturated/α-hetero) is 2. The van der Waals surface area contributed by atoms with Crippen molar-refractivity contribution in [3.63, 3.8) is 0 Å². The van der Waals surface area contributed by atoms with Crippen LogP contribution in [0.1, 0.15) is 113 Å². The first-order chi connectivity index (χ1) is 56.8. The van der Waals surface area contributed by atoms with Gasteiger partial charge in [0, 0.05) is 36.6 Å². The van der Waals surface area contributed by atoms with E-state index in [1.807, 2.05) is 25.2 Å². The molecule has 0 unspecified atom stereocenters. The van der Waals surface area contributed by atoms with Crippen LogP contribution in [0, 0.1) is 0 Å². The maximum Gasteiger partial charge on any atom is 0.330 e. The van der Waals surface area contributed by atoms with E-state index in [0.29, 0.717) is 60.5 Å². The normalized spacial score (nSPS) is 28.6. The predicted octanol–water partition coefficient (Wildman–Crippen LogP) is 0.797. The number of hydrogen-bond donors (Lipinski definition) is 15. The number of aromatic nitrogens is 6. The summed E-state index contributed by atoms with van der Waals surface area (Å²) in [5.74, 6) is -1.34. The van der Waals surface area contributed by atoms with Gasteiger partial charge in [0.1, 0.15) is 78.5 Å². The van der Waals surface area contributed by atoms with Crippen molar-refractivity contribution in [3.05, 3.63) is 171 Å². The SMILES string of the molecule is C=C1NC(=O)C(C)=CN1[C@@H]1O[C@H](CCP(=C)(C)C)[C@@H](O)[C@H]1O.C=CC1=CN([C@@H]2O[C@H](CCP(=C)(C)C)[C@@H](O)[C@H]2O)C(=C)NC1=O.C=P(C)(C)CC[C@H]1O[C@@H](n2cc(/C=C/C(C)=O)c(=O)[nH]c2=O)[C@H](O)[C@@H]1O.C=P(C)(C)CC[C@H]1O[C@@H](n2cc(/C=C/CC)c(=O)[nH]c2=O)[C@H](O)[C@@H]1O.C=P(C)(C)CC[C@H]1O[C@@H](n2cc(C(=O)CC(C)=O)c(=O)[nH]c2=O)[C@H](O)[C@@H]1O. The minimum atomic E-state index is -1.42. The number of ether oxygens (including phenoxy) is 5. The average Bonchev–Trinajstić information content (AvgIpc) is 1.69. The van der Waals surface area contributed by atoms with Gasteiger partial charge in [-0.3, -0.25) is 67.0 Å². The van der Waals surface area contributed by atoms with Crippen LogP contribution in [0.2, 0.25) is 0 Å². The molecule has 0 aromatic carbocycles. The highest BCUT2D eigenvalue weighted by Crippen LogP contribution is 2.44. The second-order valence-electron chi connectivity index (χ2n) is 35.0. The maximum atomic E-state index is 12.2. The van der Waals surface area contributed by atoms with Gasteiger partial charge in [0.25, 0.3) is 28.5 Å². The summed E-state index contributed by atoms with van der Waals surface area (Å²) in [4.78, 5) is 139. The Morgan fingerprint density at radius 1 is 0.439 bits per heavy atom. The van der Waals surface area contributed by atoms with E-state index in [2.05, 4.69) is 125 Å². The van der Waals surface area contributed by atoms with Crippen molar-refractivity contribution in [3.8, 4) is 0 Å². The summed E-state index contributed by atoms with van der Waals surface area (Å²) in [6.07, 6.45) is 22.2. The van der Waals surface area contributed by atoms with Gasteiger partial charge in [0.15, 0.2) is 42.7 Å². The third kappa shape index (κ3) is 29.6. The van der Waals surface area contributed by atoms with E-state index in [9.17, 15) is 104 Å². The molecule has 15 N–H and O–H groups in total. The molecule has 2 amide bonds. The molecule has 5 saturated heterocycles. The average molecular weight is 1820 g/mol. The second kappa shape index (κ2) is 43.9. The molecule has 0 saturated carbocycles. The summed E-state index contributed by atoms with van der Waals surface area (Å²) in [5.41, 5.74) is -3.60. The first-order valence-corrected chi connectivity index (χ1v) is 55.0. The number of H-pyrrole nitrogens is 3. The minimum Gasteiger partial charge on any atom is -0.388 e. The Hall–Kier alpha value is -7.33. The minimum absolute atomic E-state index is 0.0679. The lowest BCUT2D eigenvalue weighted by atomic mass is 10.1. The molecule has 10 rings (SSSR count). The smallest absolute Gasteiger partial charge is 0.330 e. The van der Waals surface area contributed by atoms with Crippen LogP contribution >= 0.6 is 34.4 Å². The lowest BCUT2D eigenvalue weighted by Gasteiger charge is -2.34. The Bertz CT molecular complexity index is 5140. The number of nitrogens with zero attached hydrogens (tertiary/aromatic N) is 5. The zero-order valence-corrected chi connectivity index (χ0v) is 76.9. The maximum absolute atomic E-state index is 12.2. The van der Waals surface area contributed by atoms with Crippen LogP contribution in [0.4, 0.5) is 0 Å². The Morgan fingerprint density at radius 3 is 1.06 bits per heavy atom. The standard InChI is InChI=1S/C17H25N2O7P.C17H25N2O6P.C17H27N2O5P.C16H25N2O4P.C15H25N2O4P/c1-9(20)7-11(21)10-8-19(17(25)18-15(10)24)16-14(23)13(22)12(26-16)5-6-27(2,3)4;1-10(20)5-6-11-9-19(17(24)18-15(11)23)16-14(22)13(21)12(25-16)7-8-26(2,3)4;1-5-6-7-11-10-19(17(23)18-15(11)22)16-14(21)13(20)12(24-16)8-9-25(2,3)4;1-6-11-9-18(10(2)17-15(11)21)16-14(20)13(19)12(22-16)7-8-23(3,4)5;1-9-8-17(10(2)16-14(9)20)15-13(19)12(18)11(21-15)6-7-22(3,4)5/h8,12-14,16,22-23H,2,5-7H2,1,3-4H3,(H,18,24,25);5-6,9,12-14,16,21-22H,2,7-8H2,1,3-4H3,(H,18,23,24);6-7,10,12-14,16,20-21H,2,5,8-9H2,1,3-4H3,(H,18,22,23);6,9,12-14,16,19-20H,1-3,7-8H2,4-5H3,(H,17,21);8,11-13,15,18-19H,2-3,6-7H2,1,4-5H3,(H,16,20)/b;6-5+;7-6+;;/t4*12-,13-,14-,16-;11-,12-,13-,15-/m11111/s1. The van der Waals surface area contributed by atoms with E-state index in [1.54, 1.807) is 30.2 Å². The highest BCUT2D eigenvalue weighted by atomic mass is 31.2. The Morgan fingerprint density at radius 2 is 0.740 bits per heavy atom. The summed E-state index contributed by atoms with van der Waals surface area (Å²) in [6, 6.07) is 0. The summed E-state index contributed by atoms with van der Waals surface area (Å²) >= 11 is 0. The molecular formula is C82H127N10O26P5. The largest absolute Gasteiger partial charge is 0.388 e.